The molecule has 5 heteroatoms. The van der Waals surface area contributed by atoms with Crippen LogP contribution in [0, 0.1) is 17.5 Å². The van der Waals surface area contributed by atoms with Crippen LogP contribution in [0.25, 0.3) is 0 Å². The lowest BCUT2D eigenvalue weighted by Crippen LogP contribution is -2.25. The second-order valence-electron chi connectivity index (χ2n) is 4.26. The second-order valence-corrected chi connectivity index (χ2v) is 4.26. The molecule has 0 radical (unpaired) electrons. The van der Waals surface area contributed by atoms with Crippen LogP contribution >= 0.6 is 0 Å². The Balaban J connectivity index is 1.87. The Morgan fingerprint density at radius 1 is 0.950 bits per heavy atom. The van der Waals surface area contributed by atoms with Crippen molar-refractivity contribution in [2.75, 3.05) is 6.54 Å². The maximum atomic E-state index is 13.0. The van der Waals surface area contributed by atoms with Gasteiger partial charge in [0.1, 0.15) is 5.82 Å². The maximum absolute atomic E-state index is 13.0. The summed E-state index contributed by atoms with van der Waals surface area (Å²) in [6.45, 7) is 0.279. The molecule has 2 nitrogen and oxygen atoms in total. The van der Waals surface area contributed by atoms with Crippen molar-refractivity contribution in [3.05, 3.63) is 71.0 Å². The molecule has 0 aliphatic rings. The highest BCUT2D eigenvalue weighted by molar-refractivity contribution is 5.94. The number of nitrogens with one attached hydrogen (secondary N) is 1. The number of amides is 1. The first-order valence-electron chi connectivity index (χ1n) is 6.04. The van der Waals surface area contributed by atoms with Gasteiger partial charge in [0.25, 0.3) is 5.91 Å². The Bertz CT molecular complexity index is 611. The molecule has 0 bridgehead atoms. The maximum Gasteiger partial charge on any atom is 0.251 e. The Labute approximate surface area is 114 Å². The number of hydrogen-bond donors (Lipinski definition) is 1. The predicted molar refractivity (Wildman–Crippen MR) is 68.8 cm³/mol. The molecular formula is C15H12F3NO. The van der Waals surface area contributed by atoms with E-state index in [9.17, 15) is 18.0 Å². The SMILES string of the molecule is O=C(NCCc1ccc(F)c(F)c1)c1ccc(F)cc1. The standard InChI is InChI=1S/C15H12F3NO/c16-12-4-2-11(3-5-12)15(20)19-8-7-10-1-6-13(17)14(18)9-10/h1-6,9H,7-8H2,(H,19,20). The van der Waals surface area contributed by atoms with E-state index in [1.807, 2.05) is 0 Å². The zero-order valence-electron chi connectivity index (χ0n) is 10.5. The molecule has 0 heterocycles. The summed E-state index contributed by atoms with van der Waals surface area (Å²) < 4.78 is 38.4. The van der Waals surface area contributed by atoms with Crippen molar-refractivity contribution in [1.82, 2.24) is 5.32 Å². The van der Waals surface area contributed by atoms with Crippen molar-refractivity contribution >= 4 is 5.91 Å². The average Bonchev–Trinajstić information content (AvgIpc) is 2.43. The molecule has 2 rings (SSSR count). The number of halogens is 3. The smallest absolute Gasteiger partial charge is 0.251 e. The lowest BCUT2D eigenvalue weighted by Gasteiger charge is -2.06. The van der Waals surface area contributed by atoms with E-state index in [-0.39, 0.29) is 12.5 Å². The molecule has 2 aromatic rings. The van der Waals surface area contributed by atoms with Gasteiger partial charge in [-0.05, 0) is 48.4 Å². The Kier molecular flexibility index (Phi) is 4.40. The third kappa shape index (κ3) is 3.60. The lowest BCUT2D eigenvalue weighted by molar-refractivity contribution is 0.0954. The van der Waals surface area contributed by atoms with Crippen LogP contribution in [0.5, 0.6) is 0 Å². The van der Waals surface area contributed by atoms with E-state index in [1.54, 1.807) is 0 Å². The van der Waals surface area contributed by atoms with Crippen LogP contribution in [0.15, 0.2) is 42.5 Å². The van der Waals surface area contributed by atoms with Crippen LogP contribution < -0.4 is 5.32 Å². The van der Waals surface area contributed by atoms with Gasteiger partial charge >= 0.3 is 0 Å². The average molecular weight is 279 g/mol. The van der Waals surface area contributed by atoms with Crippen LogP contribution in [-0.2, 0) is 6.42 Å². The number of rotatable bonds is 4. The van der Waals surface area contributed by atoms with Gasteiger partial charge in [-0.3, -0.25) is 4.79 Å². The number of hydrogen-bond acceptors (Lipinski definition) is 1. The fourth-order valence-corrected chi connectivity index (χ4v) is 1.72. The number of carbonyl (C=O) groups is 1. The number of benzene rings is 2. The van der Waals surface area contributed by atoms with Crippen LogP contribution in [0.3, 0.4) is 0 Å². The summed E-state index contributed by atoms with van der Waals surface area (Å²) in [6, 6.07) is 8.76. The molecule has 0 unspecified atom stereocenters. The van der Waals surface area contributed by atoms with Crippen LogP contribution in [0.1, 0.15) is 15.9 Å². The van der Waals surface area contributed by atoms with Gasteiger partial charge in [-0.1, -0.05) is 6.07 Å². The molecular weight excluding hydrogens is 267 g/mol. The first-order chi connectivity index (χ1) is 9.56. The minimum atomic E-state index is -0.910. The van der Waals surface area contributed by atoms with Gasteiger partial charge < -0.3 is 5.32 Å². The summed E-state index contributed by atoms with van der Waals surface area (Å²) in [5, 5.41) is 2.62. The molecule has 0 aliphatic heterocycles. The summed E-state index contributed by atoms with van der Waals surface area (Å²) in [5.41, 5.74) is 0.931. The molecule has 0 saturated carbocycles. The highest BCUT2D eigenvalue weighted by Crippen LogP contribution is 2.09. The highest BCUT2D eigenvalue weighted by Gasteiger charge is 2.06. The summed E-state index contributed by atoms with van der Waals surface area (Å²) in [5.74, 6) is -2.56. The minimum Gasteiger partial charge on any atom is -0.352 e. The molecule has 0 aliphatic carbocycles. The van der Waals surface area contributed by atoms with Gasteiger partial charge in [-0.25, -0.2) is 13.2 Å². The molecule has 0 atom stereocenters. The van der Waals surface area contributed by atoms with Crippen LogP contribution in [0.2, 0.25) is 0 Å². The van der Waals surface area contributed by atoms with Crippen molar-refractivity contribution in [3.63, 3.8) is 0 Å². The predicted octanol–water partition coefficient (Wildman–Crippen LogP) is 3.08. The quantitative estimate of drug-likeness (QED) is 0.915. The van der Waals surface area contributed by atoms with Crippen molar-refractivity contribution in [2.45, 2.75) is 6.42 Å². The first kappa shape index (κ1) is 14.1. The van der Waals surface area contributed by atoms with Gasteiger partial charge in [0.2, 0.25) is 0 Å². The molecule has 0 spiro atoms. The summed E-state index contributed by atoms with van der Waals surface area (Å²) in [7, 11) is 0. The van der Waals surface area contributed by atoms with Gasteiger partial charge in [0, 0.05) is 12.1 Å². The third-order valence-corrected chi connectivity index (χ3v) is 2.79. The van der Waals surface area contributed by atoms with E-state index in [0.717, 1.165) is 12.1 Å². The summed E-state index contributed by atoms with van der Waals surface area (Å²) in [6.07, 6.45) is 0.379. The minimum absolute atomic E-state index is 0.279. The molecule has 104 valence electrons. The Morgan fingerprint density at radius 2 is 1.65 bits per heavy atom. The summed E-state index contributed by atoms with van der Waals surface area (Å²) in [4.78, 5) is 11.7. The Hall–Kier alpha value is -2.30. The van der Waals surface area contributed by atoms with E-state index in [1.165, 1.54) is 30.3 Å². The molecule has 20 heavy (non-hydrogen) atoms. The van der Waals surface area contributed by atoms with Crippen LogP contribution in [0.4, 0.5) is 13.2 Å². The number of carbonyl (C=O) groups excluding carboxylic acids is 1. The third-order valence-electron chi connectivity index (χ3n) is 2.79. The second kappa shape index (κ2) is 6.23. The fraction of sp³-hybridized carbons (Fsp3) is 0.133. The van der Waals surface area contributed by atoms with Crippen LogP contribution in [-0.4, -0.2) is 12.5 Å². The van der Waals surface area contributed by atoms with E-state index < -0.39 is 17.5 Å². The van der Waals surface area contributed by atoms with Crippen molar-refractivity contribution < 1.29 is 18.0 Å². The molecule has 0 fully saturated rings. The fourth-order valence-electron chi connectivity index (χ4n) is 1.72. The Morgan fingerprint density at radius 3 is 2.30 bits per heavy atom. The normalized spacial score (nSPS) is 10.3. The zero-order valence-corrected chi connectivity index (χ0v) is 10.5. The van der Waals surface area contributed by atoms with E-state index in [4.69, 9.17) is 0 Å². The van der Waals surface area contributed by atoms with Gasteiger partial charge in [0.15, 0.2) is 11.6 Å². The zero-order chi connectivity index (χ0) is 14.5. The van der Waals surface area contributed by atoms with Gasteiger partial charge in [0.05, 0.1) is 0 Å². The largest absolute Gasteiger partial charge is 0.352 e. The highest BCUT2D eigenvalue weighted by atomic mass is 19.2. The van der Waals surface area contributed by atoms with Gasteiger partial charge in [-0.15, -0.1) is 0 Å². The van der Waals surface area contributed by atoms with Crippen molar-refractivity contribution in [2.24, 2.45) is 0 Å². The van der Waals surface area contributed by atoms with E-state index in [0.29, 0.717) is 17.5 Å². The van der Waals surface area contributed by atoms with E-state index in [2.05, 4.69) is 5.32 Å². The molecule has 2 aromatic carbocycles. The molecule has 0 saturated heterocycles. The first-order valence-corrected chi connectivity index (χ1v) is 6.04. The molecule has 1 N–H and O–H groups in total. The van der Waals surface area contributed by atoms with Crippen molar-refractivity contribution in [1.29, 1.82) is 0 Å². The molecule has 0 aromatic heterocycles. The van der Waals surface area contributed by atoms with Crippen molar-refractivity contribution in [3.8, 4) is 0 Å². The van der Waals surface area contributed by atoms with Gasteiger partial charge in [-0.2, -0.15) is 0 Å². The molecule has 1 amide bonds. The summed E-state index contributed by atoms with van der Waals surface area (Å²) >= 11 is 0. The monoisotopic (exact) mass is 279 g/mol. The van der Waals surface area contributed by atoms with E-state index >= 15 is 0 Å². The topological polar surface area (TPSA) is 29.1 Å². The lowest BCUT2D eigenvalue weighted by atomic mass is 10.1.